The first-order chi connectivity index (χ1) is 8.41. The molecule has 1 unspecified atom stereocenters. The first-order valence-corrected chi connectivity index (χ1v) is 7.64. The largest absolute Gasteiger partial charge is 0.322 e. The van der Waals surface area contributed by atoms with Crippen molar-refractivity contribution in [3.63, 3.8) is 0 Å². The molecule has 18 heavy (non-hydrogen) atoms. The van der Waals surface area contributed by atoms with Gasteiger partial charge in [-0.2, -0.15) is 4.31 Å². The number of carbonyl (C=O) groups is 2. The van der Waals surface area contributed by atoms with E-state index in [-0.39, 0.29) is 18.2 Å². The van der Waals surface area contributed by atoms with Crippen LogP contribution in [0.25, 0.3) is 0 Å². The molecule has 0 bridgehead atoms. The van der Waals surface area contributed by atoms with Crippen LogP contribution in [0.1, 0.15) is 19.3 Å². The highest BCUT2D eigenvalue weighted by atomic mass is 32.2. The van der Waals surface area contributed by atoms with Crippen LogP contribution in [0.3, 0.4) is 0 Å². The molecule has 100 valence electrons. The molecule has 1 spiro atoms. The Kier molecular flexibility index (Phi) is 2.43. The first kappa shape index (κ1) is 11.9. The van der Waals surface area contributed by atoms with Crippen molar-refractivity contribution in [1.82, 2.24) is 14.9 Å². The second kappa shape index (κ2) is 3.67. The van der Waals surface area contributed by atoms with Crippen LogP contribution in [0.2, 0.25) is 0 Å². The van der Waals surface area contributed by atoms with E-state index in [0.29, 0.717) is 13.0 Å². The van der Waals surface area contributed by atoms with Crippen LogP contribution in [0.5, 0.6) is 0 Å². The predicted octanol–water partition coefficient (Wildman–Crippen LogP) is -0.990. The molecule has 8 heteroatoms. The molecule has 7 nitrogen and oxygen atoms in total. The molecule has 1 aliphatic carbocycles. The average molecular weight is 273 g/mol. The van der Waals surface area contributed by atoms with Crippen molar-refractivity contribution < 1.29 is 18.0 Å². The molecule has 1 atom stereocenters. The summed E-state index contributed by atoms with van der Waals surface area (Å²) in [6.45, 7) is 0.350. The van der Waals surface area contributed by atoms with Gasteiger partial charge in [0.2, 0.25) is 10.0 Å². The van der Waals surface area contributed by atoms with Crippen LogP contribution < -0.4 is 10.6 Å². The van der Waals surface area contributed by atoms with E-state index in [9.17, 15) is 18.0 Å². The van der Waals surface area contributed by atoms with E-state index in [1.165, 1.54) is 4.31 Å². The Balaban J connectivity index is 1.75. The summed E-state index contributed by atoms with van der Waals surface area (Å²) in [6, 6.07) is -0.540. The van der Waals surface area contributed by atoms with Crippen LogP contribution in [-0.2, 0) is 14.8 Å². The quantitative estimate of drug-likeness (QED) is 0.645. The minimum Gasteiger partial charge on any atom is -0.322 e. The van der Waals surface area contributed by atoms with Gasteiger partial charge in [-0.25, -0.2) is 13.2 Å². The van der Waals surface area contributed by atoms with Crippen molar-refractivity contribution in [2.45, 2.75) is 24.8 Å². The van der Waals surface area contributed by atoms with E-state index < -0.39 is 27.5 Å². The van der Waals surface area contributed by atoms with E-state index in [1.54, 1.807) is 0 Å². The summed E-state index contributed by atoms with van der Waals surface area (Å²) in [4.78, 5) is 22.8. The number of urea groups is 1. The van der Waals surface area contributed by atoms with Gasteiger partial charge in [0.1, 0.15) is 5.54 Å². The number of rotatable bonds is 3. The molecule has 3 amide bonds. The maximum atomic E-state index is 12.1. The van der Waals surface area contributed by atoms with Gasteiger partial charge in [-0.3, -0.25) is 10.1 Å². The average Bonchev–Trinajstić information content (AvgIpc) is 2.87. The Bertz CT molecular complexity index is 513. The lowest BCUT2D eigenvalue weighted by Gasteiger charge is -2.20. The summed E-state index contributed by atoms with van der Waals surface area (Å²) in [6.07, 6.45) is 2.28. The van der Waals surface area contributed by atoms with Gasteiger partial charge < -0.3 is 5.32 Å². The van der Waals surface area contributed by atoms with Gasteiger partial charge in [0, 0.05) is 13.1 Å². The molecule has 3 aliphatic rings. The lowest BCUT2D eigenvalue weighted by atomic mass is 10.00. The number of sulfonamides is 1. The molecule has 2 aliphatic heterocycles. The molecule has 3 fully saturated rings. The fourth-order valence-electron chi connectivity index (χ4n) is 2.52. The van der Waals surface area contributed by atoms with Gasteiger partial charge in [0.25, 0.3) is 5.91 Å². The van der Waals surface area contributed by atoms with E-state index in [4.69, 9.17) is 0 Å². The smallest absolute Gasteiger partial charge is 0.322 e. The molecule has 2 saturated heterocycles. The van der Waals surface area contributed by atoms with Crippen LogP contribution in [-0.4, -0.2) is 49.0 Å². The molecule has 0 radical (unpaired) electrons. The normalized spacial score (nSPS) is 32.9. The lowest BCUT2D eigenvalue weighted by molar-refractivity contribution is -0.123. The summed E-state index contributed by atoms with van der Waals surface area (Å²) in [5.74, 6) is 0.0220. The van der Waals surface area contributed by atoms with Crippen molar-refractivity contribution in [2.24, 2.45) is 5.92 Å². The topological polar surface area (TPSA) is 95.6 Å². The first-order valence-electron chi connectivity index (χ1n) is 6.03. The van der Waals surface area contributed by atoms with Gasteiger partial charge in [-0.05, 0) is 25.2 Å². The zero-order valence-electron chi connectivity index (χ0n) is 9.81. The van der Waals surface area contributed by atoms with Gasteiger partial charge in [0.15, 0.2) is 0 Å². The molecular formula is C10H15N3O4S. The summed E-state index contributed by atoms with van der Waals surface area (Å²) >= 11 is 0. The molecule has 0 aromatic rings. The molecule has 0 aromatic carbocycles. The number of carbonyl (C=O) groups excluding carboxylic acids is 2. The Labute approximate surface area is 105 Å². The van der Waals surface area contributed by atoms with Crippen molar-refractivity contribution in [3.05, 3.63) is 0 Å². The Morgan fingerprint density at radius 2 is 2.06 bits per heavy atom. The van der Waals surface area contributed by atoms with Crippen LogP contribution in [0.15, 0.2) is 0 Å². The van der Waals surface area contributed by atoms with Crippen molar-refractivity contribution in [1.29, 1.82) is 0 Å². The van der Waals surface area contributed by atoms with Gasteiger partial charge >= 0.3 is 6.03 Å². The van der Waals surface area contributed by atoms with Crippen molar-refractivity contribution in [2.75, 3.05) is 18.8 Å². The van der Waals surface area contributed by atoms with Crippen LogP contribution in [0, 0.1) is 5.92 Å². The summed E-state index contributed by atoms with van der Waals surface area (Å²) in [5, 5.41) is 4.71. The maximum Gasteiger partial charge on any atom is 0.322 e. The number of hydrogen-bond acceptors (Lipinski definition) is 4. The van der Waals surface area contributed by atoms with Crippen LogP contribution in [0.4, 0.5) is 4.79 Å². The highest BCUT2D eigenvalue weighted by molar-refractivity contribution is 7.89. The SMILES string of the molecule is O=C1NC(=O)C2(CCN(S(=O)(=O)CC3CC3)C2)N1. The number of imide groups is 1. The monoisotopic (exact) mass is 273 g/mol. The highest BCUT2D eigenvalue weighted by Crippen LogP contribution is 2.33. The number of amides is 3. The maximum absolute atomic E-state index is 12.1. The fourth-order valence-corrected chi connectivity index (χ4v) is 4.44. The number of hydrogen-bond donors (Lipinski definition) is 2. The van der Waals surface area contributed by atoms with Crippen molar-refractivity contribution in [3.8, 4) is 0 Å². The second-order valence-corrected chi connectivity index (χ2v) is 7.31. The number of nitrogens with one attached hydrogen (secondary N) is 2. The molecule has 2 N–H and O–H groups in total. The predicted molar refractivity (Wildman–Crippen MR) is 62.1 cm³/mol. The molecule has 1 saturated carbocycles. The molecule has 3 rings (SSSR count). The van der Waals surface area contributed by atoms with Crippen LogP contribution >= 0.6 is 0 Å². The third kappa shape index (κ3) is 1.89. The van der Waals surface area contributed by atoms with E-state index in [0.717, 1.165) is 12.8 Å². The van der Waals surface area contributed by atoms with E-state index in [1.807, 2.05) is 0 Å². The lowest BCUT2D eigenvalue weighted by Crippen LogP contribution is -2.49. The zero-order chi connectivity index (χ0) is 13.0. The molecule has 0 aromatic heterocycles. The van der Waals surface area contributed by atoms with Crippen molar-refractivity contribution >= 4 is 22.0 Å². The summed E-state index contributed by atoms with van der Waals surface area (Å²) in [7, 11) is -3.30. The minimum atomic E-state index is -3.30. The van der Waals surface area contributed by atoms with Gasteiger partial charge in [0.05, 0.1) is 5.75 Å². The number of nitrogens with zero attached hydrogens (tertiary/aromatic N) is 1. The second-order valence-electron chi connectivity index (χ2n) is 5.30. The van der Waals surface area contributed by atoms with E-state index in [2.05, 4.69) is 10.6 Å². The standard InChI is InChI=1S/C10H15N3O4S/c14-8-10(12-9(15)11-8)3-4-13(6-10)18(16,17)5-7-1-2-7/h7H,1-6H2,(H2,11,12,14,15). The third-order valence-corrected chi connectivity index (χ3v) is 5.78. The Hall–Kier alpha value is -1.15. The molecule has 2 heterocycles. The van der Waals surface area contributed by atoms with E-state index >= 15 is 0 Å². The Morgan fingerprint density at radius 1 is 1.33 bits per heavy atom. The van der Waals surface area contributed by atoms with Gasteiger partial charge in [-0.1, -0.05) is 0 Å². The minimum absolute atomic E-state index is 0.0552. The fraction of sp³-hybridized carbons (Fsp3) is 0.800. The van der Waals surface area contributed by atoms with Gasteiger partial charge in [-0.15, -0.1) is 0 Å². The Morgan fingerprint density at radius 3 is 2.61 bits per heavy atom. The highest BCUT2D eigenvalue weighted by Gasteiger charge is 2.53. The molecular weight excluding hydrogens is 258 g/mol. The summed E-state index contributed by atoms with van der Waals surface area (Å²) in [5.41, 5.74) is -1.05. The third-order valence-electron chi connectivity index (χ3n) is 3.79. The summed E-state index contributed by atoms with van der Waals surface area (Å²) < 4.78 is 25.5. The zero-order valence-corrected chi connectivity index (χ0v) is 10.6.